The van der Waals surface area contributed by atoms with Crippen molar-refractivity contribution in [3.8, 4) is 17.0 Å². The van der Waals surface area contributed by atoms with Gasteiger partial charge in [0.05, 0.1) is 22.6 Å². The molecule has 0 bridgehead atoms. The van der Waals surface area contributed by atoms with Crippen molar-refractivity contribution in [1.82, 2.24) is 4.98 Å². The van der Waals surface area contributed by atoms with Crippen molar-refractivity contribution in [3.63, 3.8) is 0 Å². The molecule has 4 heteroatoms. The molecule has 1 N–H and O–H groups in total. The van der Waals surface area contributed by atoms with Gasteiger partial charge in [-0.2, -0.15) is 0 Å². The van der Waals surface area contributed by atoms with Crippen LogP contribution in [0.5, 0.6) is 5.75 Å². The number of para-hydroxylation sites is 1. The van der Waals surface area contributed by atoms with Crippen LogP contribution in [0.15, 0.2) is 54.6 Å². The second kappa shape index (κ2) is 4.62. The first-order chi connectivity index (χ1) is 11.6. The van der Waals surface area contributed by atoms with E-state index < -0.39 is 0 Å². The second-order valence-corrected chi connectivity index (χ2v) is 6.52. The molecule has 116 valence electrons. The maximum Gasteiger partial charge on any atom is 0.118 e. The van der Waals surface area contributed by atoms with Crippen LogP contribution in [0.4, 0.5) is 11.4 Å². The number of rotatable bonds is 0. The highest BCUT2D eigenvalue weighted by atomic mass is 35.5. The molecule has 0 unspecified atom stereocenters. The van der Waals surface area contributed by atoms with Crippen molar-refractivity contribution in [2.75, 3.05) is 11.9 Å². The number of phenolic OH excluding ortho intramolecular Hbond substituents is 1. The zero-order valence-electron chi connectivity index (χ0n) is 12.9. The molecule has 0 spiro atoms. The Morgan fingerprint density at radius 1 is 0.958 bits per heavy atom. The van der Waals surface area contributed by atoms with Crippen molar-refractivity contribution in [1.29, 1.82) is 0 Å². The Kier molecular flexibility index (Phi) is 2.62. The minimum atomic E-state index is 0.238. The van der Waals surface area contributed by atoms with E-state index in [0.29, 0.717) is 5.02 Å². The van der Waals surface area contributed by atoms with Crippen LogP contribution < -0.4 is 4.90 Å². The number of benzene rings is 3. The lowest BCUT2D eigenvalue weighted by molar-refractivity contribution is 0.476. The van der Waals surface area contributed by atoms with Crippen LogP contribution in [-0.4, -0.2) is 17.1 Å². The van der Waals surface area contributed by atoms with Gasteiger partial charge in [0.25, 0.3) is 0 Å². The monoisotopic (exact) mass is 332 g/mol. The topological polar surface area (TPSA) is 36.4 Å². The Morgan fingerprint density at radius 2 is 1.79 bits per heavy atom. The third-order valence-corrected chi connectivity index (χ3v) is 4.94. The van der Waals surface area contributed by atoms with Gasteiger partial charge in [-0.25, -0.2) is 4.98 Å². The molecule has 3 nitrogen and oxygen atoms in total. The zero-order valence-corrected chi connectivity index (χ0v) is 13.7. The summed E-state index contributed by atoms with van der Waals surface area (Å²) in [5.41, 5.74) is 4.95. The Hall–Kier alpha value is -2.78. The summed E-state index contributed by atoms with van der Waals surface area (Å²) in [6, 6.07) is 17.5. The maximum absolute atomic E-state index is 10.3. The van der Waals surface area contributed by atoms with Gasteiger partial charge in [-0.05, 0) is 35.7 Å². The van der Waals surface area contributed by atoms with E-state index in [-0.39, 0.29) is 5.75 Å². The van der Waals surface area contributed by atoms with Gasteiger partial charge in [0, 0.05) is 34.5 Å². The largest absolute Gasteiger partial charge is 0.508 e. The maximum atomic E-state index is 10.3. The van der Waals surface area contributed by atoms with Gasteiger partial charge in [-0.1, -0.05) is 29.8 Å². The van der Waals surface area contributed by atoms with E-state index in [0.717, 1.165) is 44.3 Å². The van der Waals surface area contributed by atoms with Gasteiger partial charge in [-0.15, -0.1) is 0 Å². The summed E-state index contributed by atoms with van der Waals surface area (Å²) in [6.45, 7) is 0. The van der Waals surface area contributed by atoms with Gasteiger partial charge in [0.1, 0.15) is 5.75 Å². The van der Waals surface area contributed by atoms with Crippen molar-refractivity contribution in [2.24, 2.45) is 0 Å². The Labute approximate surface area is 143 Å². The smallest absolute Gasteiger partial charge is 0.118 e. The minimum Gasteiger partial charge on any atom is -0.508 e. The number of nitrogens with zero attached hydrogens (tertiary/aromatic N) is 2. The molecule has 4 aromatic rings. The van der Waals surface area contributed by atoms with E-state index >= 15 is 0 Å². The van der Waals surface area contributed by atoms with Crippen LogP contribution in [0.3, 0.4) is 0 Å². The van der Waals surface area contributed by atoms with Crippen molar-refractivity contribution in [2.45, 2.75) is 0 Å². The van der Waals surface area contributed by atoms with E-state index in [2.05, 4.69) is 17.0 Å². The molecule has 0 saturated heterocycles. The molecule has 2 heterocycles. The lowest BCUT2D eigenvalue weighted by Crippen LogP contribution is -2.15. The summed E-state index contributed by atoms with van der Waals surface area (Å²) in [5.74, 6) is 0.238. The normalized spacial score (nSPS) is 12.7. The lowest BCUT2D eigenvalue weighted by atomic mass is 9.93. The number of hydrogen-bond donors (Lipinski definition) is 1. The molecule has 5 rings (SSSR count). The van der Waals surface area contributed by atoms with E-state index in [1.165, 1.54) is 0 Å². The first kappa shape index (κ1) is 13.6. The lowest BCUT2D eigenvalue weighted by Gasteiger charge is -2.30. The van der Waals surface area contributed by atoms with Crippen LogP contribution in [0.2, 0.25) is 5.02 Å². The molecule has 3 aromatic carbocycles. The van der Waals surface area contributed by atoms with Crippen molar-refractivity contribution in [3.05, 3.63) is 59.6 Å². The SMILES string of the molecule is CN1c2ccccc2-c2nc3ccc(Cl)cc3c3cc(O)cc1c23. The summed E-state index contributed by atoms with van der Waals surface area (Å²) >= 11 is 6.20. The number of aromatic nitrogens is 1. The molecule has 0 fully saturated rings. The van der Waals surface area contributed by atoms with Gasteiger partial charge >= 0.3 is 0 Å². The van der Waals surface area contributed by atoms with Crippen LogP contribution in [0.1, 0.15) is 0 Å². The molecule has 0 radical (unpaired) electrons. The fourth-order valence-electron chi connectivity index (χ4n) is 3.63. The van der Waals surface area contributed by atoms with Gasteiger partial charge in [0.2, 0.25) is 0 Å². The number of aromatic hydroxyl groups is 1. The number of phenols is 1. The summed E-state index contributed by atoms with van der Waals surface area (Å²) < 4.78 is 0. The third kappa shape index (κ3) is 1.70. The molecule has 0 saturated carbocycles. The molecular formula is C20H13ClN2O. The third-order valence-electron chi connectivity index (χ3n) is 4.70. The Bertz CT molecular complexity index is 1150. The molecule has 1 aromatic heterocycles. The van der Waals surface area contributed by atoms with E-state index in [4.69, 9.17) is 16.6 Å². The van der Waals surface area contributed by atoms with Crippen molar-refractivity contribution < 1.29 is 5.11 Å². The standard InChI is InChI=1S/C20H13ClN2O/c1-23-17-5-3-2-4-13(17)20-19-15(9-12(24)10-18(19)23)14-8-11(21)6-7-16(14)22-20/h2-10,24H,1H3. The highest BCUT2D eigenvalue weighted by molar-refractivity contribution is 6.32. The van der Waals surface area contributed by atoms with E-state index in [1.54, 1.807) is 12.1 Å². The van der Waals surface area contributed by atoms with Crippen LogP contribution in [0, 0.1) is 0 Å². The van der Waals surface area contributed by atoms with E-state index in [9.17, 15) is 5.11 Å². The predicted molar refractivity (Wildman–Crippen MR) is 99.4 cm³/mol. The first-order valence-corrected chi connectivity index (χ1v) is 8.10. The summed E-state index contributed by atoms with van der Waals surface area (Å²) in [7, 11) is 2.01. The molecule has 0 amide bonds. The summed E-state index contributed by atoms with van der Waals surface area (Å²) in [5, 5.41) is 13.9. The van der Waals surface area contributed by atoms with Gasteiger partial charge in [0.15, 0.2) is 0 Å². The van der Waals surface area contributed by atoms with Crippen LogP contribution >= 0.6 is 11.6 Å². The number of fused-ring (bicyclic) bond motifs is 4. The number of anilines is 2. The fourth-order valence-corrected chi connectivity index (χ4v) is 3.80. The molecule has 0 atom stereocenters. The van der Waals surface area contributed by atoms with Gasteiger partial charge < -0.3 is 10.0 Å². The molecule has 1 aliphatic rings. The molecule has 1 aliphatic heterocycles. The quantitative estimate of drug-likeness (QED) is 0.432. The molecular weight excluding hydrogens is 320 g/mol. The second-order valence-electron chi connectivity index (χ2n) is 6.09. The average Bonchev–Trinajstić information content (AvgIpc) is 2.59. The Morgan fingerprint density at radius 3 is 2.67 bits per heavy atom. The first-order valence-electron chi connectivity index (χ1n) is 7.72. The van der Waals surface area contributed by atoms with E-state index in [1.807, 2.05) is 37.4 Å². The summed E-state index contributed by atoms with van der Waals surface area (Å²) in [4.78, 5) is 7.01. The molecule has 24 heavy (non-hydrogen) atoms. The van der Waals surface area contributed by atoms with Crippen molar-refractivity contribution >= 4 is 44.7 Å². The van der Waals surface area contributed by atoms with Gasteiger partial charge in [-0.3, -0.25) is 0 Å². The van der Waals surface area contributed by atoms with Crippen LogP contribution in [-0.2, 0) is 0 Å². The summed E-state index contributed by atoms with van der Waals surface area (Å²) in [6.07, 6.45) is 0. The predicted octanol–water partition coefficient (Wildman–Crippen LogP) is 5.50. The molecule has 0 aliphatic carbocycles. The number of pyridine rings is 1. The Balaban J connectivity index is 2.07. The zero-order chi connectivity index (χ0) is 16.4. The highest BCUT2D eigenvalue weighted by Gasteiger charge is 2.25. The number of hydrogen-bond acceptors (Lipinski definition) is 3. The highest BCUT2D eigenvalue weighted by Crippen LogP contribution is 2.48. The average molecular weight is 333 g/mol. The number of halogens is 1. The van der Waals surface area contributed by atoms with Crippen LogP contribution in [0.25, 0.3) is 32.9 Å². The fraction of sp³-hybridized carbons (Fsp3) is 0.0500. The minimum absolute atomic E-state index is 0.238.